The lowest BCUT2D eigenvalue weighted by atomic mass is 9.93. The van der Waals surface area contributed by atoms with Gasteiger partial charge in [0.2, 0.25) is 0 Å². The van der Waals surface area contributed by atoms with E-state index in [-0.39, 0.29) is 18.1 Å². The van der Waals surface area contributed by atoms with Crippen LogP contribution >= 0.6 is 0 Å². The lowest BCUT2D eigenvalue weighted by molar-refractivity contribution is 0.0884. The highest BCUT2D eigenvalue weighted by Crippen LogP contribution is 2.23. The summed E-state index contributed by atoms with van der Waals surface area (Å²) in [6, 6.07) is 12.1. The van der Waals surface area contributed by atoms with Crippen molar-refractivity contribution in [2.24, 2.45) is 0 Å². The predicted octanol–water partition coefficient (Wildman–Crippen LogP) is 3.09. The highest BCUT2D eigenvalue weighted by molar-refractivity contribution is 5.95. The largest absolute Gasteiger partial charge is 0.460 e. The van der Waals surface area contributed by atoms with Crippen LogP contribution in [0.25, 0.3) is 5.69 Å². The van der Waals surface area contributed by atoms with Crippen LogP contribution in [-0.2, 0) is 0 Å². The Morgan fingerprint density at radius 1 is 1.07 bits per heavy atom. The minimum Gasteiger partial charge on any atom is -0.460 e. The van der Waals surface area contributed by atoms with Crippen molar-refractivity contribution in [3.63, 3.8) is 0 Å². The standard InChI is InChI=1S/C21H23N5O2/c1-15-19(14-24-26(15)17-6-3-2-4-7-17)20(27)25-16-8-10-18(11-9-16)28-21-22-12-5-13-23-21/h2-7,12-14,16,18H,8-11H2,1H3,(H,25,27). The van der Waals surface area contributed by atoms with Gasteiger partial charge in [-0.2, -0.15) is 5.10 Å². The number of hydrogen-bond donors (Lipinski definition) is 1. The van der Waals surface area contributed by atoms with Crippen LogP contribution in [-0.4, -0.2) is 37.8 Å². The molecule has 3 aromatic rings. The summed E-state index contributed by atoms with van der Waals surface area (Å²) in [5.41, 5.74) is 2.39. The Morgan fingerprint density at radius 3 is 2.50 bits per heavy atom. The van der Waals surface area contributed by atoms with Crippen LogP contribution in [0.3, 0.4) is 0 Å². The van der Waals surface area contributed by atoms with Gasteiger partial charge in [-0.25, -0.2) is 14.6 Å². The molecule has 28 heavy (non-hydrogen) atoms. The number of carbonyl (C=O) groups is 1. The van der Waals surface area contributed by atoms with Crippen LogP contribution in [0.4, 0.5) is 0 Å². The van der Waals surface area contributed by atoms with Gasteiger partial charge < -0.3 is 10.1 Å². The van der Waals surface area contributed by atoms with Crippen molar-refractivity contribution < 1.29 is 9.53 Å². The summed E-state index contributed by atoms with van der Waals surface area (Å²) in [4.78, 5) is 20.9. The van der Waals surface area contributed by atoms with Crippen molar-refractivity contribution in [3.05, 3.63) is 66.2 Å². The first kappa shape index (κ1) is 18.2. The fourth-order valence-electron chi connectivity index (χ4n) is 3.55. The highest BCUT2D eigenvalue weighted by atomic mass is 16.5. The van der Waals surface area contributed by atoms with Crippen molar-refractivity contribution in [1.29, 1.82) is 0 Å². The summed E-state index contributed by atoms with van der Waals surface area (Å²) in [5.74, 6) is -0.0737. The first-order valence-corrected chi connectivity index (χ1v) is 9.55. The molecule has 144 valence electrons. The number of nitrogens with one attached hydrogen (secondary N) is 1. The number of rotatable bonds is 5. The second-order valence-electron chi connectivity index (χ2n) is 6.99. The number of amides is 1. The summed E-state index contributed by atoms with van der Waals surface area (Å²) >= 11 is 0. The number of ether oxygens (including phenoxy) is 1. The predicted molar refractivity (Wildman–Crippen MR) is 104 cm³/mol. The summed E-state index contributed by atoms with van der Waals surface area (Å²) < 4.78 is 7.61. The Balaban J connectivity index is 1.33. The molecular weight excluding hydrogens is 354 g/mol. The molecule has 1 aliphatic carbocycles. The molecule has 0 radical (unpaired) electrons. The molecule has 1 amide bonds. The molecule has 4 rings (SSSR count). The first-order chi connectivity index (χ1) is 13.7. The van der Waals surface area contributed by atoms with Crippen LogP contribution in [0, 0.1) is 6.92 Å². The molecule has 2 heterocycles. The smallest absolute Gasteiger partial charge is 0.316 e. The van der Waals surface area contributed by atoms with Crippen LogP contribution in [0.15, 0.2) is 55.0 Å². The second-order valence-corrected chi connectivity index (χ2v) is 6.99. The van der Waals surface area contributed by atoms with Gasteiger partial charge in [-0.1, -0.05) is 18.2 Å². The minimum atomic E-state index is -0.0737. The Morgan fingerprint density at radius 2 is 1.79 bits per heavy atom. The van der Waals surface area contributed by atoms with Gasteiger partial charge in [0.1, 0.15) is 6.10 Å². The van der Waals surface area contributed by atoms with Crippen molar-refractivity contribution in [1.82, 2.24) is 25.1 Å². The van der Waals surface area contributed by atoms with Gasteiger partial charge in [-0.3, -0.25) is 4.79 Å². The summed E-state index contributed by atoms with van der Waals surface area (Å²) in [6.07, 6.45) is 8.55. The number of nitrogens with zero attached hydrogens (tertiary/aromatic N) is 4. The molecule has 0 aliphatic heterocycles. The fraction of sp³-hybridized carbons (Fsp3) is 0.333. The van der Waals surface area contributed by atoms with Gasteiger partial charge >= 0.3 is 6.01 Å². The molecule has 1 fully saturated rings. The Bertz CT molecular complexity index is 918. The topological polar surface area (TPSA) is 81.9 Å². The van der Waals surface area contributed by atoms with Crippen LogP contribution < -0.4 is 10.1 Å². The third-order valence-corrected chi connectivity index (χ3v) is 5.08. The van der Waals surface area contributed by atoms with E-state index < -0.39 is 0 Å². The van der Waals surface area contributed by atoms with Crippen LogP contribution in [0.5, 0.6) is 6.01 Å². The molecule has 1 aromatic carbocycles. The van der Waals surface area contributed by atoms with Crippen molar-refractivity contribution in [3.8, 4) is 11.7 Å². The average Bonchev–Trinajstić information content (AvgIpc) is 3.12. The normalized spacial score (nSPS) is 19.2. The van der Waals surface area contributed by atoms with E-state index in [0.717, 1.165) is 37.1 Å². The molecule has 1 aliphatic rings. The van der Waals surface area contributed by atoms with E-state index in [9.17, 15) is 4.79 Å². The summed E-state index contributed by atoms with van der Waals surface area (Å²) in [6.45, 7) is 1.92. The number of para-hydroxylation sites is 1. The Hall–Kier alpha value is -3.22. The number of aromatic nitrogens is 4. The first-order valence-electron chi connectivity index (χ1n) is 9.55. The molecular formula is C21H23N5O2. The Kier molecular flexibility index (Phi) is 5.32. The maximum atomic E-state index is 12.7. The summed E-state index contributed by atoms with van der Waals surface area (Å²) in [7, 11) is 0. The van der Waals surface area contributed by atoms with Gasteiger partial charge in [0, 0.05) is 18.4 Å². The van der Waals surface area contributed by atoms with E-state index in [0.29, 0.717) is 11.6 Å². The maximum absolute atomic E-state index is 12.7. The van der Waals surface area contributed by atoms with E-state index >= 15 is 0 Å². The van der Waals surface area contributed by atoms with Crippen LogP contribution in [0.1, 0.15) is 41.7 Å². The third kappa shape index (κ3) is 4.03. The van der Waals surface area contributed by atoms with Crippen molar-refractivity contribution in [2.45, 2.75) is 44.8 Å². The number of carbonyl (C=O) groups excluding carboxylic acids is 1. The van der Waals surface area contributed by atoms with E-state index in [2.05, 4.69) is 20.4 Å². The van der Waals surface area contributed by atoms with Gasteiger partial charge in [0.25, 0.3) is 5.91 Å². The van der Waals surface area contributed by atoms with Gasteiger partial charge in [-0.05, 0) is 50.8 Å². The molecule has 7 nitrogen and oxygen atoms in total. The SMILES string of the molecule is Cc1c(C(=O)NC2CCC(Oc3ncccn3)CC2)cnn1-c1ccccc1. The number of hydrogen-bond acceptors (Lipinski definition) is 5. The van der Waals surface area contributed by atoms with Gasteiger partial charge in [0.15, 0.2) is 0 Å². The lowest BCUT2D eigenvalue weighted by Gasteiger charge is -2.28. The molecule has 1 N–H and O–H groups in total. The zero-order valence-electron chi connectivity index (χ0n) is 15.8. The van der Waals surface area contributed by atoms with E-state index in [1.165, 1.54) is 0 Å². The minimum absolute atomic E-state index is 0.0737. The monoisotopic (exact) mass is 377 g/mol. The molecule has 0 atom stereocenters. The van der Waals surface area contributed by atoms with Crippen molar-refractivity contribution >= 4 is 5.91 Å². The summed E-state index contributed by atoms with van der Waals surface area (Å²) in [5, 5.41) is 7.53. The highest BCUT2D eigenvalue weighted by Gasteiger charge is 2.25. The Labute approximate surface area is 163 Å². The molecule has 0 bridgehead atoms. The quantitative estimate of drug-likeness (QED) is 0.739. The van der Waals surface area contributed by atoms with E-state index in [1.807, 2.05) is 37.3 Å². The van der Waals surface area contributed by atoms with E-state index in [4.69, 9.17) is 4.74 Å². The zero-order chi connectivity index (χ0) is 19.3. The third-order valence-electron chi connectivity index (χ3n) is 5.08. The van der Waals surface area contributed by atoms with E-state index in [1.54, 1.807) is 29.3 Å². The zero-order valence-corrected chi connectivity index (χ0v) is 15.8. The molecule has 2 aromatic heterocycles. The molecule has 7 heteroatoms. The van der Waals surface area contributed by atoms with Crippen LogP contribution in [0.2, 0.25) is 0 Å². The average molecular weight is 377 g/mol. The molecule has 1 saturated carbocycles. The van der Waals surface area contributed by atoms with Gasteiger partial charge in [0.05, 0.1) is 23.1 Å². The van der Waals surface area contributed by atoms with Crippen molar-refractivity contribution in [2.75, 3.05) is 0 Å². The molecule has 0 unspecified atom stereocenters. The van der Waals surface area contributed by atoms with Gasteiger partial charge in [-0.15, -0.1) is 0 Å². The molecule has 0 spiro atoms. The molecule has 0 saturated heterocycles. The fourth-order valence-corrected chi connectivity index (χ4v) is 3.55. The lowest BCUT2D eigenvalue weighted by Crippen LogP contribution is -2.40. The maximum Gasteiger partial charge on any atom is 0.316 e. The number of benzene rings is 1. The second kappa shape index (κ2) is 8.21.